The summed E-state index contributed by atoms with van der Waals surface area (Å²) in [5.74, 6) is 0. The Morgan fingerprint density at radius 2 is 0.787 bits per heavy atom. The lowest BCUT2D eigenvalue weighted by Gasteiger charge is -2.24. The van der Waals surface area contributed by atoms with Gasteiger partial charge in [-0.2, -0.15) is 0 Å². The van der Waals surface area contributed by atoms with Gasteiger partial charge in [-0.25, -0.2) is 9.97 Å². The molecule has 3 aliphatic rings. The number of benzene rings is 2. The Kier molecular flexibility index (Phi) is 5.47. The lowest BCUT2D eigenvalue weighted by atomic mass is 9.80. The summed E-state index contributed by atoms with van der Waals surface area (Å²) in [6.45, 7) is 18.2. The maximum atomic E-state index is 5.29. The van der Waals surface area contributed by atoms with Crippen LogP contribution < -0.4 is 0 Å². The van der Waals surface area contributed by atoms with Crippen LogP contribution in [0.4, 0.5) is 0 Å². The highest BCUT2D eigenvalue weighted by Crippen LogP contribution is 2.53. The monoisotopic (exact) mass is 610 g/mol. The fraction of sp³-hybridized carbons (Fsp3) is 0.256. The smallest absolute Gasteiger partial charge is 0.0937 e. The van der Waals surface area contributed by atoms with E-state index in [9.17, 15) is 0 Å². The maximum Gasteiger partial charge on any atom is 0.0937 e. The highest BCUT2D eigenvalue weighted by molar-refractivity contribution is 5.88. The van der Waals surface area contributed by atoms with Crippen LogP contribution in [-0.2, 0) is 16.2 Å². The van der Waals surface area contributed by atoms with Gasteiger partial charge in [-0.05, 0) is 106 Å². The van der Waals surface area contributed by atoms with E-state index >= 15 is 0 Å². The van der Waals surface area contributed by atoms with Crippen LogP contribution in [0.5, 0.6) is 0 Å². The Labute approximate surface area is 277 Å². The number of pyridine rings is 4. The first kappa shape index (κ1) is 28.3. The Morgan fingerprint density at radius 1 is 0.404 bits per heavy atom. The van der Waals surface area contributed by atoms with Crippen LogP contribution in [0.15, 0.2) is 85.2 Å². The lowest BCUT2D eigenvalue weighted by molar-refractivity contribution is 0.657. The first-order valence-corrected chi connectivity index (χ1v) is 16.6. The van der Waals surface area contributed by atoms with Crippen LogP contribution in [0, 0.1) is 13.8 Å². The molecule has 0 aliphatic heterocycles. The molecular weight excluding hydrogens is 573 g/mol. The van der Waals surface area contributed by atoms with Gasteiger partial charge in [0.05, 0.1) is 34.2 Å². The van der Waals surface area contributed by atoms with Crippen molar-refractivity contribution in [3.05, 3.63) is 130 Å². The van der Waals surface area contributed by atoms with Gasteiger partial charge in [0.1, 0.15) is 0 Å². The highest BCUT2D eigenvalue weighted by atomic mass is 14.8. The van der Waals surface area contributed by atoms with Crippen molar-refractivity contribution in [1.82, 2.24) is 19.9 Å². The van der Waals surface area contributed by atoms with Crippen LogP contribution in [0.3, 0.4) is 0 Å². The number of aryl methyl sites for hydroxylation is 2. The molecule has 0 bridgehead atoms. The Morgan fingerprint density at radius 3 is 1.21 bits per heavy atom. The normalized spacial score (nSPS) is 16.6. The second-order valence-corrected chi connectivity index (χ2v) is 15.3. The summed E-state index contributed by atoms with van der Waals surface area (Å²) in [6, 6.07) is 26.9. The third kappa shape index (κ3) is 3.64. The van der Waals surface area contributed by atoms with E-state index in [-0.39, 0.29) is 16.2 Å². The highest BCUT2D eigenvalue weighted by Gasteiger charge is 2.40. The molecule has 0 spiro atoms. The third-order valence-electron chi connectivity index (χ3n) is 11.5. The number of hydrogen-bond acceptors (Lipinski definition) is 4. The number of rotatable bonds is 2. The van der Waals surface area contributed by atoms with Gasteiger partial charge in [0, 0.05) is 39.8 Å². The van der Waals surface area contributed by atoms with Crippen molar-refractivity contribution in [2.75, 3.05) is 0 Å². The van der Waals surface area contributed by atoms with Gasteiger partial charge in [-0.15, -0.1) is 0 Å². The molecule has 0 saturated carbocycles. The number of aromatic nitrogens is 4. The second kappa shape index (κ2) is 9.10. The summed E-state index contributed by atoms with van der Waals surface area (Å²) >= 11 is 0. The molecule has 0 saturated heterocycles. The second-order valence-electron chi connectivity index (χ2n) is 15.3. The number of fused-ring (bicyclic) bond motifs is 9. The van der Waals surface area contributed by atoms with E-state index in [0.717, 1.165) is 34.2 Å². The van der Waals surface area contributed by atoms with Crippen molar-refractivity contribution >= 4 is 0 Å². The summed E-state index contributed by atoms with van der Waals surface area (Å²) in [5, 5.41) is 0. The zero-order valence-electron chi connectivity index (χ0n) is 28.4. The van der Waals surface area contributed by atoms with Crippen LogP contribution in [0.2, 0.25) is 0 Å². The molecule has 3 aliphatic carbocycles. The van der Waals surface area contributed by atoms with E-state index in [2.05, 4.69) is 116 Å². The summed E-state index contributed by atoms with van der Waals surface area (Å²) in [6.07, 6.45) is 3.76. The summed E-state index contributed by atoms with van der Waals surface area (Å²) in [7, 11) is 0. The topological polar surface area (TPSA) is 51.6 Å². The Hall–Kier alpha value is -4.96. The molecule has 47 heavy (non-hydrogen) atoms. The predicted molar refractivity (Wildman–Crippen MR) is 191 cm³/mol. The van der Waals surface area contributed by atoms with Crippen molar-refractivity contribution in [3.8, 4) is 56.4 Å². The van der Waals surface area contributed by atoms with Crippen molar-refractivity contribution in [3.63, 3.8) is 0 Å². The molecule has 2 aromatic carbocycles. The molecule has 230 valence electrons. The molecule has 6 aromatic rings. The molecule has 4 aromatic heterocycles. The molecule has 4 heterocycles. The van der Waals surface area contributed by atoms with Gasteiger partial charge in [0.2, 0.25) is 0 Å². The Bertz CT molecular complexity index is 2190. The van der Waals surface area contributed by atoms with E-state index < -0.39 is 0 Å². The van der Waals surface area contributed by atoms with Crippen LogP contribution in [-0.4, -0.2) is 19.9 Å². The average Bonchev–Trinajstić information content (AvgIpc) is 3.52. The maximum absolute atomic E-state index is 5.29. The predicted octanol–water partition coefficient (Wildman–Crippen LogP) is 10.1. The Balaban J connectivity index is 1.15. The molecule has 4 heteroatoms. The van der Waals surface area contributed by atoms with E-state index in [1.807, 2.05) is 24.5 Å². The van der Waals surface area contributed by atoms with Gasteiger partial charge in [-0.3, -0.25) is 9.97 Å². The van der Waals surface area contributed by atoms with Gasteiger partial charge in [0.15, 0.2) is 0 Å². The summed E-state index contributed by atoms with van der Waals surface area (Å²) in [5.41, 5.74) is 20.7. The minimum Gasteiger partial charge on any atom is -0.254 e. The minimum absolute atomic E-state index is 0.111. The van der Waals surface area contributed by atoms with Gasteiger partial charge < -0.3 is 0 Å². The largest absolute Gasteiger partial charge is 0.254 e. The lowest BCUT2D eigenvalue weighted by Crippen LogP contribution is -2.16. The van der Waals surface area contributed by atoms with Crippen LogP contribution in [0.25, 0.3) is 56.4 Å². The molecule has 0 amide bonds. The zero-order chi connectivity index (χ0) is 32.6. The quantitative estimate of drug-likeness (QED) is 0.196. The minimum atomic E-state index is -0.185. The molecule has 0 radical (unpaired) electrons. The van der Waals surface area contributed by atoms with E-state index in [1.54, 1.807) is 0 Å². The van der Waals surface area contributed by atoms with E-state index in [0.29, 0.717) is 0 Å². The fourth-order valence-electron chi connectivity index (χ4n) is 8.67. The molecule has 0 N–H and O–H groups in total. The third-order valence-corrected chi connectivity index (χ3v) is 11.5. The number of nitrogens with zero attached hydrogens (tertiary/aromatic N) is 4. The molecule has 0 atom stereocenters. The molecule has 4 nitrogen and oxygen atoms in total. The SMILES string of the molecule is Cc1cc2c(cc1-c1ccc3c(n1)-c1ncccc1C3(C)C)C(C)(C)c1cc(-c3ccc4c(n3)-c3ncccc3C4(C)C)c(C)cc1-2. The fourth-order valence-corrected chi connectivity index (χ4v) is 8.67. The van der Waals surface area contributed by atoms with Gasteiger partial charge in [-0.1, -0.05) is 77.9 Å². The standard InChI is InChI=1S/C43H38N4/c1-23-19-27-28-20-24(2)26(36-16-14-32-40(47-36)38-30(42(32,5)6)12-10-18-45-38)22-34(28)43(7,8)33(27)21-25(23)35-15-13-31-39(46-35)37-29(41(31,3)4)11-9-17-44-37/h9-22H,1-8H3. The van der Waals surface area contributed by atoms with Crippen LogP contribution in [0.1, 0.15) is 86.1 Å². The van der Waals surface area contributed by atoms with Crippen molar-refractivity contribution < 1.29 is 0 Å². The average molecular weight is 611 g/mol. The summed E-state index contributed by atoms with van der Waals surface area (Å²) in [4.78, 5) is 20.1. The molecule has 9 rings (SSSR count). The molecule has 0 unspecified atom stereocenters. The van der Waals surface area contributed by atoms with Crippen molar-refractivity contribution in [2.24, 2.45) is 0 Å². The van der Waals surface area contributed by atoms with Crippen molar-refractivity contribution in [1.29, 1.82) is 0 Å². The van der Waals surface area contributed by atoms with Crippen molar-refractivity contribution in [2.45, 2.75) is 71.6 Å². The number of hydrogen-bond donors (Lipinski definition) is 0. The van der Waals surface area contributed by atoms with Gasteiger partial charge >= 0.3 is 0 Å². The summed E-state index contributed by atoms with van der Waals surface area (Å²) < 4.78 is 0. The van der Waals surface area contributed by atoms with Crippen LogP contribution >= 0.6 is 0 Å². The zero-order valence-corrected chi connectivity index (χ0v) is 28.4. The van der Waals surface area contributed by atoms with E-state index in [1.165, 1.54) is 66.8 Å². The molecule has 0 fully saturated rings. The first-order chi connectivity index (χ1) is 22.4. The molecular formula is C43H38N4. The first-order valence-electron chi connectivity index (χ1n) is 16.6. The van der Waals surface area contributed by atoms with E-state index in [4.69, 9.17) is 19.9 Å². The van der Waals surface area contributed by atoms with Gasteiger partial charge in [0.25, 0.3) is 0 Å².